The Bertz CT molecular complexity index is 1090. The van der Waals surface area contributed by atoms with Gasteiger partial charge < -0.3 is 21.1 Å². The van der Waals surface area contributed by atoms with Crippen LogP contribution in [0.3, 0.4) is 0 Å². The molecule has 4 N–H and O–H groups in total. The molecule has 0 bridgehead atoms. The van der Waals surface area contributed by atoms with E-state index in [2.05, 4.69) is 10.6 Å². The van der Waals surface area contributed by atoms with Crippen molar-refractivity contribution < 1.29 is 19.1 Å². The van der Waals surface area contributed by atoms with Crippen molar-refractivity contribution in [2.24, 2.45) is 0 Å². The zero-order valence-electron chi connectivity index (χ0n) is 18.4. The first-order valence-electron chi connectivity index (χ1n) is 10.6. The highest BCUT2D eigenvalue weighted by molar-refractivity contribution is 6.01. The normalized spacial score (nSPS) is 12.3. The number of methoxy groups -OCH3 is 1. The van der Waals surface area contributed by atoms with E-state index in [4.69, 9.17) is 10.5 Å². The molecule has 0 heterocycles. The number of nitrogen functional groups attached to an aromatic ring is 1. The Balaban J connectivity index is 1.81. The molecule has 0 fully saturated rings. The number of benzene rings is 3. The monoisotopic (exact) mass is 445 g/mol. The molecule has 0 radical (unpaired) electrons. The summed E-state index contributed by atoms with van der Waals surface area (Å²) < 4.78 is 4.89. The maximum atomic E-state index is 13.3. The number of carbonyl (C=O) groups is 3. The van der Waals surface area contributed by atoms with Gasteiger partial charge in [-0.2, -0.15) is 0 Å². The number of amides is 2. The molecule has 33 heavy (non-hydrogen) atoms. The molecule has 0 unspecified atom stereocenters. The van der Waals surface area contributed by atoms with Gasteiger partial charge in [0, 0.05) is 18.5 Å². The van der Waals surface area contributed by atoms with E-state index in [-0.39, 0.29) is 18.4 Å². The van der Waals surface area contributed by atoms with Gasteiger partial charge in [-0.25, -0.2) is 4.79 Å². The highest BCUT2D eigenvalue weighted by Gasteiger charge is 2.28. The number of nitrogens with two attached hydrogens (primary N) is 1. The quantitative estimate of drug-likeness (QED) is 0.346. The van der Waals surface area contributed by atoms with Crippen molar-refractivity contribution >= 4 is 23.5 Å². The third kappa shape index (κ3) is 6.67. The first-order chi connectivity index (χ1) is 16.0. The van der Waals surface area contributed by atoms with Crippen LogP contribution in [0.1, 0.15) is 21.5 Å². The van der Waals surface area contributed by atoms with Crippen molar-refractivity contribution in [3.8, 4) is 0 Å². The molecule has 0 aliphatic rings. The summed E-state index contributed by atoms with van der Waals surface area (Å²) in [4.78, 5) is 38.5. The summed E-state index contributed by atoms with van der Waals surface area (Å²) >= 11 is 0. The van der Waals surface area contributed by atoms with Crippen molar-refractivity contribution in [3.63, 3.8) is 0 Å². The Morgan fingerprint density at radius 1 is 0.758 bits per heavy atom. The van der Waals surface area contributed by atoms with Crippen LogP contribution in [0, 0.1) is 0 Å². The zero-order valence-corrected chi connectivity index (χ0v) is 18.4. The number of anilines is 1. The van der Waals surface area contributed by atoms with E-state index in [1.165, 1.54) is 7.11 Å². The van der Waals surface area contributed by atoms with Crippen LogP contribution < -0.4 is 16.4 Å². The first-order valence-corrected chi connectivity index (χ1v) is 10.6. The summed E-state index contributed by atoms with van der Waals surface area (Å²) in [5.74, 6) is -1.53. The van der Waals surface area contributed by atoms with Gasteiger partial charge in [-0.1, -0.05) is 72.8 Å². The predicted octanol–water partition coefficient (Wildman–Crippen LogP) is 2.51. The number of hydrogen-bond acceptors (Lipinski definition) is 5. The van der Waals surface area contributed by atoms with Crippen molar-refractivity contribution in [2.75, 3.05) is 12.8 Å². The van der Waals surface area contributed by atoms with E-state index in [0.29, 0.717) is 5.69 Å². The average Bonchev–Trinajstić information content (AvgIpc) is 2.84. The lowest BCUT2D eigenvalue weighted by atomic mass is 10.0. The van der Waals surface area contributed by atoms with Gasteiger partial charge >= 0.3 is 5.97 Å². The van der Waals surface area contributed by atoms with Gasteiger partial charge in [-0.15, -0.1) is 0 Å². The van der Waals surface area contributed by atoms with Crippen LogP contribution in [0.4, 0.5) is 5.69 Å². The third-order valence-electron chi connectivity index (χ3n) is 5.19. The molecule has 3 aromatic rings. The topological polar surface area (TPSA) is 111 Å². The Morgan fingerprint density at radius 2 is 1.27 bits per heavy atom. The predicted molar refractivity (Wildman–Crippen MR) is 126 cm³/mol. The number of rotatable bonds is 9. The number of esters is 1. The fourth-order valence-corrected chi connectivity index (χ4v) is 3.46. The summed E-state index contributed by atoms with van der Waals surface area (Å²) in [6.45, 7) is 0. The molecule has 0 aliphatic heterocycles. The van der Waals surface area contributed by atoms with Crippen LogP contribution in [0.5, 0.6) is 0 Å². The molecule has 7 nitrogen and oxygen atoms in total. The number of nitrogens with one attached hydrogen (secondary N) is 2. The van der Waals surface area contributed by atoms with Crippen molar-refractivity contribution in [1.29, 1.82) is 0 Å². The summed E-state index contributed by atoms with van der Waals surface area (Å²) in [5.41, 5.74) is 8.24. The van der Waals surface area contributed by atoms with Crippen LogP contribution >= 0.6 is 0 Å². The third-order valence-corrected chi connectivity index (χ3v) is 5.19. The standard InChI is InChI=1S/C26H27N3O4/c1-33-26(32)23(17-19-12-6-3-7-13-19)29-25(31)22(16-18-10-4-2-5-11-18)28-24(30)20-14-8-9-15-21(20)27/h2-15,22-23H,16-17,27H2,1H3,(H,28,30)(H,29,31)/t22-,23-/m0/s1. The minimum Gasteiger partial charge on any atom is -0.467 e. The second kappa shape index (κ2) is 11.5. The molecule has 170 valence electrons. The maximum Gasteiger partial charge on any atom is 0.328 e. The molecule has 0 saturated carbocycles. The average molecular weight is 446 g/mol. The number of hydrogen-bond donors (Lipinski definition) is 3. The summed E-state index contributed by atoms with van der Waals surface area (Å²) in [5, 5.41) is 5.51. The van der Waals surface area contributed by atoms with Crippen LogP contribution in [0.2, 0.25) is 0 Å². The maximum absolute atomic E-state index is 13.3. The second-order valence-electron chi connectivity index (χ2n) is 7.58. The zero-order chi connectivity index (χ0) is 23.6. The smallest absolute Gasteiger partial charge is 0.328 e. The second-order valence-corrected chi connectivity index (χ2v) is 7.58. The SMILES string of the molecule is COC(=O)[C@H](Cc1ccccc1)NC(=O)[C@H](Cc1ccccc1)NC(=O)c1ccccc1N. The van der Waals surface area contributed by atoms with E-state index in [0.717, 1.165) is 11.1 Å². The largest absolute Gasteiger partial charge is 0.467 e. The van der Waals surface area contributed by atoms with E-state index in [9.17, 15) is 14.4 Å². The Labute approximate surface area is 193 Å². The summed E-state index contributed by atoms with van der Waals surface area (Å²) in [6.07, 6.45) is 0.501. The van der Waals surface area contributed by atoms with E-state index < -0.39 is 29.9 Å². The molecule has 7 heteroatoms. The lowest BCUT2D eigenvalue weighted by molar-refractivity contribution is -0.145. The minimum atomic E-state index is -0.928. The van der Waals surface area contributed by atoms with Crippen molar-refractivity contribution in [2.45, 2.75) is 24.9 Å². The summed E-state index contributed by atoms with van der Waals surface area (Å²) in [6, 6.07) is 23.4. The summed E-state index contributed by atoms with van der Waals surface area (Å²) in [7, 11) is 1.27. The molecular formula is C26H27N3O4. The van der Waals surface area contributed by atoms with Crippen LogP contribution in [-0.4, -0.2) is 37.0 Å². The lowest BCUT2D eigenvalue weighted by Crippen LogP contribution is -2.53. The number of carbonyl (C=O) groups excluding carboxylic acids is 3. The van der Waals surface area contributed by atoms with Crippen molar-refractivity contribution in [3.05, 3.63) is 102 Å². The number of para-hydroxylation sites is 1. The molecule has 0 saturated heterocycles. The molecule has 2 atom stereocenters. The Hall–Kier alpha value is -4.13. The molecule has 0 aromatic heterocycles. The number of ether oxygens (including phenoxy) is 1. The molecule has 0 spiro atoms. The van der Waals surface area contributed by atoms with Crippen LogP contribution in [0.25, 0.3) is 0 Å². The molecule has 3 rings (SSSR count). The molecular weight excluding hydrogens is 418 g/mol. The van der Waals surface area contributed by atoms with Crippen LogP contribution in [0.15, 0.2) is 84.9 Å². The van der Waals surface area contributed by atoms with Gasteiger partial charge in [0.05, 0.1) is 12.7 Å². The minimum absolute atomic E-state index is 0.240. The highest BCUT2D eigenvalue weighted by Crippen LogP contribution is 2.12. The Kier molecular flexibility index (Phi) is 8.18. The van der Waals surface area contributed by atoms with E-state index >= 15 is 0 Å². The fourth-order valence-electron chi connectivity index (χ4n) is 3.46. The van der Waals surface area contributed by atoms with Gasteiger partial charge in [0.1, 0.15) is 12.1 Å². The Morgan fingerprint density at radius 3 is 1.82 bits per heavy atom. The molecule has 3 aromatic carbocycles. The lowest BCUT2D eigenvalue weighted by Gasteiger charge is -2.23. The van der Waals surface area contributed by atoms with Gasteiger partial charge in [0.25, 0.3) is 5.91 Å². The van der Waals surface area contributed by atoms with Gasteiger partial charge in [0.2, 0.25) is 5.91 Å². The molecule has 2 amide bonds. The molecule has 0 aliphatic carbocycles. The van der Waals surface area contributed by atoms with Crippen LogP contribution in [-0.2, 0) is 27.2 Å². The van der Waals surface area contributed by atoms with Gasteiger partial charge in [0.15, 0.2) is 0 Å². The van der Waals surface area contributed by atoms with Gasteiger partial charge in [-0.3, -0.25) is 9.59 Å². The highest BCUT2D eigenvalue weighted by atomic mass is 16.5. The van der Waals surface area contributed by atoms with E-state index in [1.54, 1.807) is 24.3 Å². The fraction of sp³-hybridized carbons (Fsp3) is 0.192. The van der Waals surface area contributed by atoms with E-state index in [1.807, 2.05) is 60.7 Å². The van der Waals surface area contributed by atoms with Crippen molar-refractivity contribution in [1.82, 2.24) is 10.6 Å². The first kappa shape index (κ1) is 23.5. The van der Waals surface area contributed by atoms with Gasteiger partial charge in [-0.05, 0) is 23.3 Å².